The molecule has 0 saturated carbocycles. The van der Waals surface area contributed by atoms with Gasteiger partial charge in [-0.3, -0.25) is 4.68 Å². The van der Waals surface area contributed by atoms with Gasteiger partial charge in [-0.05, 0) is 24.9 Å². The lowest BCUT2D eigenvalue weighted by atomic mass is 10.0. The first kappa shape index (κ1) is 14.0. The number of nitrogens with zero attached hydrogens (tertiary/aromatic N) is 2. The van der Waals surface area contributed by atoms with Gasteiger partial charge in [0.25, 0.3) is 0 Å². The van der Waals surface area contributed by atoms with Gasteiger partial charge in [0.2, 0.25) is 0 Å². The number of ether oxygens (including phenoxy) is 1. The van der Waals surface area contributed by atoms with E-state index in [4.69, 9.17) is 4.74 Å². The number of aromatic nitrogens is 2. The highest BCUT2D eigenvalue weighted by Gasteiger charge is 2.22. The third-order valence-electron chi connectivity index (χ3n) is 3.18. The minimum Gasteiger partial charge on any atom is -0.493 e. The number of hydrogen-bond donors (Lipinski definition) is 1. The van der Waals surface area contributed by atoms with E-state index in [0.717, 1.165) is 11.4 Å². The van der Waals surface area contributed by atoms with Crippen LogP contribution in [0.1, 0.15) is 17.3 Å². The van der Waals surface area contributed by atoms with Crippen molar-refractivity contribution in [2.24, 2.45) is 7.05 Å². The molecule has 2 aromatic rings. The first-order valence-electron chi connectivity index (χ1n) is 6.09. The molecule has 0 saturated heterocycles. The summed E-state index contributed by atoms with van der Waals surface area (Å²) in [7, 11) is 5.56. The number of hydrogen-bond acceptors (Lipinski definition) is 4. The number of thioether (sulfide) groups is 1. The summed E-state index contributed by atoms with van der Waals surface area (Å²) in [5.41, 5.74) is 2.27. The predicted molar refractivity (Wildman–Crippen MR) is 78.9 cm³/mol. The lowest BCUT2D eigenvalue weighted by molar-refractivity contribution is 0.402. The van der Waals surface area contributed by atoms with Crippen molar-refractivity contribution in [3.8, 4) is 5.75 Å². The molecule has 0 aliphatic rings. The summed E-state index contributed by atoms with van der Waals surface area (Å²) in [6.07, 6.45) is 3.84. The Bertz CT molecular complexity index is 553. The Morgan fingerprint density at radius 1 is 1.37 bits per heavy atom. The van der Waals surface area contributed by atoms with Crippen LogP contribution in [0, 0.1) is 0 Å². The Kier molecular flexibility index (Phi) is 4.50. The molecule has 0 aliphatic heterocycles. The largest absolute Gasteiger partial charge is 0.493 e. The minimum absolute atomic E-state index is 0.0612. The predicted octanol–water partition coefficient (Wildman–Crippen LogP) is 2.46. The van der Waals surface area contributed by atoms with Crippen molar-refractivity contribution >= 4 is 11.8 Å². The summed E-state index contributed by atoms with van der Waals surface area (Å²) in [5.74, 6) is 0.803. The smallest absolute Gasteiger partial charge is 0.161 e. The molecule has 1 atom stereocenters. The molecule has 1 aromatic carbocycles. The first-order valence-corrected chi connectivity index (χ1v) is 7.31. The maximum absolute atomic E-state index is 5.41. The fourth-order valence-corrected chi connectivity index (χ4v) is 2.89. The molecule has 19 heavy (non-hydrogen) atoms. The molecule has 1 unspecified atom stereocenters. The van der Waals surface area contributed by atoms with Crippen molar-refractivity contribution in [1.82, 2.24) is 15.1 Å². The summed E-state index contributed by atoms with van der Waals surface area (Å²) < 4.78 is 7.27. The van der Waals surface area contributed by atoms with Gasteiger partial charge in [-0.25, -0.2) is 0 Å². The lowest BCUT2D eigenvalue weighted by Gasteiger charge is -2.20. The van der Waals surface area contributed by atoms with Gasteiger partial charge in [0, 0.05) is 11.9 Å². The van der Waals surface area contributed by atoms with Crippen LogP contribution in [0.3, 0.4) is 0 Å². The van der Waals surface area contributed by atoms with E-state index < -0.39 is 0 Å². The van der Waals surface area contributed by atoms with E-state index in [9.17, 15) is 0 Å². The van der Waals surface area contributed by atoms with Crippen LogP contribution in [-0.2, 0) is 7.05 Å². The molecule has 4 nitrogen and oxygen atoms in total. The molecule has 1 heterocycles. The molecular weight excluding hydrogens is 258 g/mol. The van der Waals surface area contributed by atoms with Crippen LogP contribution >= 0.6 is 11.8 Å². The van der Waals surface area contributed by atoms with Gasteiger partial charge in [-0.15, -0.1) is 11.8 Å². The van der Waals surface area contributed by atoms with Crippen LogP contribution in [0.4, 0.5) is 0 Å². The number of aryl methyl sites for hydroxylation is 1. The third-order valence-corrected chi connectivity index (χ3v) is 3.99. The Labute approximate surface area is 118 Å². The van der Waals surface area contributed by atoms with Gasteiger partial charge in [0.1, 0.15) is 5.69 Å². The lowest BCUT2D eigenvalue weighted by Crippen LogP contribution is -2.21. The summed E-state index contributed by atoms with van der Waals surface area (Å²) in [4.78, 5) is 1.25. The second-order valence-electron chi connectivity index (χ2n) is 4.19. The summed E-state index contributed by atoms with van der Waals surface area (Å²) >= 11 is 1.75. The quantitative estimate of drug-likeness (QED) is 0.852. The van der Waals surface area contributed by atoms with Gasteiger partial charge >= 0.3 is 0 Å². The van der Waals surface area contributed by atoms with Gasteiger partial charge in [-0.2, -0.15) is 5.10 Å². The van der Waals surface area contributed by atoms with E-state index in [2.05, 4.69) is 40.9 Å². The summed E-state index contributed by atoms with van der Waals surface area (Å²) in [6.45, 7) is 0. The molecule has 1 aromatic heterocycles. The third kappa shape index (κ3) is 2.62. The summed E-state index contributed by atoms with van der Waals surface area (Å²) in [5, 5.41) is 7.64. The second-order valence-corrected chi connectivity index (χ2v) is 5.03. The molecule has 0 spiro atoms. The van der Waals surface area contributed by atoms with Crippen molar-refractivity contribution in [2.45, 2.75) is 10.9 Å². The average molecular weight is 277 g/mol. The fraction of sp³-hybridized carbons (Fsp3) is 0.357. The fourth-order valence-electron chi connectivity index (χ4n) is 2.26. The SMILES string of the molecule is CNC(c1ccccc1SC)c1c(OC)cnn1C. The number of benzene rings is 1. The number of nitrogens with one attached hydrogen (secondary N) is 1. The Morgan fingerprint density at radius 3 is 2.74 bits per heavy atom. The molecule has 0 bridgehead atoms. The Morgan fingerprint density at radius 2 is 2.11 bits per heavy atom. The molecular formula is C14H19N3OS. The van der Waals surface area contributed by atoms with E-state index in [0.29, 0.717) is 0 Å². The average Bonchev–Trinajstić information content (AvgIpc) is 2.82. The zero-order valence-electron chi connectivity index (χ0n) is 11.7. The van der Waals surface area contributed by atoms with Crippen molar-refractivity contribution in [3.63, 3.8) is 0 Å². The van der Waals surface area contributed by atoms with Crippen molar-refractivity contribution in [1.29, 1.82) is 0 Å². The standard InChI is InChI=1S/C14H19N3OS/c1-15-13(10-7-5-6-8-12(10)19-4)14-11(18-3)9-16-17(14)2/h5-9,13,15H,1-4H3. The van der Waals surface area contributed by atoms with Crippen LogP contribution < -0.4 is 10.1 Å². The Balaban J connectivity index is 2.53. The van der Waals surface area contributed by atoms with Gasteiger partial charge in [-0.1, -0.05) is 18.2 Å². The second kappa shape index (κ2) is 6.12. The van der Waals surface area contributed by atoms with Crippen molar-refractivity contribution in [2.75, 3.05) is 20.4 Å². The van der Waals surface area contributed by atoms with Crippen molar-refractivity contribution in [3.05, 3.63) is 41.7 Å². The Hall–Kier alpha value is -1.46. The molecule has 0 fully saturated rings. The molecule has 0 radical (unpaired) electrons. The van der Waals surface area contributed by atoms with Crippen molar-refractivity contribution < 1.29 is 4.74 Å². The molecule has 1 N–H and O–H groups in total. The molecule has 0 amide bonds. The minimum atomic E-state index is 0.0612. The van der Waals surface area contributed by atoms with E-state index >= 15 is 0 Å². The normalized spacial score (nSPS) is 12.4. The molecule has 102 valence electrons. The monoisotopic (exact) mass is 277 g/mol. The number of rotatable bonds is 5. The topological polar surface area (TPSA) is 39.1 Å². The highest BCUT2D eigenvalue weighted by molar-refractivity contribution is 7.98. The van der Waals surface area contributed by atoms with Gasteiger partial charge in [0.05, 0.1) is 19.3 Å². The zero-order chi connectivity index (χ0) is 13.8. The van der Waals surface area contributed by atoms with Crippen LogP contribution in [0.5, 0.6) is 5.75 Å². The molecule has 5 heteroatoms. The highest BCUT2D eigenvalue weighted by atomic mass is 32.2. The van der Waals surface area contributed by atoms with Crippen LogP contribution in [0.2, 0.25) is 0 Å². The molecule has 2 rings (SSSR count). The maximum atomic E-state index is 5.41. The van der Waals surface area contributed by atoms with Crippen LogP contribution in [-0.4, -0.2) is 30.2 Å². The summed E-state index contributed by atoms with van der Waals surface area (Å²) in [6, 6.07) is 8.45. The maximum Gasteiger partial charge on any atom is 0.161 e. The van der Waals surface area contributed by atoms with E-state index in [1.54, 1.807) is 25.1 Å². The highest BCUT2D eigenvalue weighted by Crippen LogP contribution is 2.33. The van der Waals surface area contributed by atoms with E-state index in [1.165, 1.54) is 10.5 Å². The first-order chi connectivity index (χ1) is 9.22. The van der Waals surface area contributed by atoms with Crippen LogP contribution in [0.15, 0.2) is 35.4 Å². The number of methoxy groups -OCH3 is 1. The van der Waals surface area contributed by atoms with Crippen LogP contribution in [0.25, 0.3) is 0 Å². The van der Waals surface area contributed by atoms with Gasteiger partial charge in [0.15, 0.2) is 5.75 Å². The van der Waals surface area contributed by atoms with E-state index in [1.807, 2.05) is 18.8 Å². The zero-order valence-corrected chi connectivity index (χ0v) is 12.5. The van der Waals surface area contributed by atoms with E-state index in [-0.39, 0.29) is 6.04 Å². The van der Waals surface area contributed by atoms with Gasteiger partial charge < -0.3 is 10.1 Å². The molecule has 0 aliphatic carbocycles.